The van der Waals surface area contributed by atoms with Gasteiger partial charge in [-0.15, -0.1) is 11.3 Å². The van der Waals surface area contributed by atoms with E-state index < -0.39 is 0 Å². The van der Waals surface area contributed by atoms with Crippen LogP contribution < -0.4 is 5.32 Å². The minimum atomic E-state index is -0.225. The zero-order valence-corrected chi connectivity index (χ0v) is 20.7. The molecule has 1 fully saturated rings. The first kappa shape index (κ1) is 25.6. The van der Waals surface area contributed by atoms with Gasteiger partial charge in [-0.05, 0) is 62.5 Å². The molecule has 182 valence electrons. The summed E-state index contributed by atoms with van der Waals surface area (Å²) in [6.45, 7) is 11.9. The van der Waals surface area contributed by atoms with E-state index in [1.165, 1.54) is 11.3 Å². The minimum Gasteiger partial charge on any atom is -0.494 e. The van der Waals surface area contributed by atoms with E-state index in [1.807, 2.05) is 6.92 Å². The molecule has 0 aromatic carbocycles. The lowest BCUT2D eigenvalue weighted by Gasteiger charge is -2.23. The summed E-state index contributed by atoms with van der Waals surface area (Å²) in [5.74, 6) is 0.602. The third kappa shape index (κ3) is 6.51. The summed E-state index contributed by atoms with van der Waals surface area (Å²) in [5.41, 5.74) is 2.40. The topological polar surface area (TPSA) is 91.7 Å². The summed E-state index contributed by atoms with van der Waals surface area (Å²) in [5, 5.41) is 13.3. The molecule has 1 aromatic rings. The van der Waals surface area contributed by atoms with E-state index >= 15 is 0 Å². The fraction of sp³-hybridized carbons (Fsp3) is 0.500. The van der Waals surface area contributed by atoms with Crippen LogP contribution in [0.25, 0.3) is 0 Å². The van der Waals surface area contributed by atoms with Crippen LogP contribution in [0.5, 0.6) is 0 Å². The molecule has 2 heterocycles. The van der Waals surface area contributed by atoms with Crippen molar-refractivity contribution in [3.05, 3.63) is 52.6 Å². The Morgan fingerprint density at radius 1 is 1.29 bits per heavy atom. The van der Waals surface area contributed by atoms with Crippen molar-refractivity contribution in [2.45, 2.75) is 51.9 Å². The molecule has 1 aliphatic carbocycles. The number of ether oxygens (including phenoxy) is 2. The van der Waals surface area contributed by atoms with Crippen molar-refractivity contribution in [1.29, 1.82) is 5.26 Å². The Bertz CT molecular complexity index is 998. The van der Waals surface area contributed by atoms with Crippen molar-refractivity contribution < 1.29 is 19.1 Å². The van der Waals surface area contributed by atoms with Crippen molar-refractivity contribution >= 4 is 28.3 Å². The van der Waals surface area contributed by atoms with Gasteiger partial charge in [0.15, 0.2) is 0 Å². The summed E-state index contributed by atoms with van der Waals surface area (Å²) in [7, 11) is 0. The van der Waals surface area contributed by atoms with Gasteiger partial charge in [0.1, 0.15) is 16.8 Å². The molecule has 3 rings (SSSR count). The number of nitrogens with zero attached hydrogens (tertiary/aromatic N) is 2. The van der Waals surface area contributed by atoms with Crippen LogP contribution in [-0.2, 0) is 27.1 Å². The van der Waals surface area contributed by atoms with Crippen LogP contribution in [0.1, 0.15) is 55.0 Å². The van der Waals surface area contributed by atoms with E-state index in [0.29, 0.717) is 36.0 Å². The Morgan fingerprint density at radius 3 is 2.74 bits per heavy atom. The predicted molar refractivity (Wildman–Crippen MR) is 134 cm³/mol. The van der Waals surface area contributed by atoms with E-state index in [-0.39, 0.29) is 24.3 Å². The van der Waals surface area contributed by atoms with Gasteiger partial charge in [0.2, 0.25) is 5.91 Å². The average molecular weight is 484 g/mol. The van der Waals surface area contributed by atoms with Crippen LogP contribution in [0.15, 0.2) is 36.6 Å². The number of rotatable bonds is 10. The fourth-order valence-electron chi connectivity index (χ4n) is 4.35. The number of likely N-dealkylation sites (tertiary alicyclic amines) is 1. The lowest BCUT2D eigenvalue weighted by molar-refractivity contribution is -0.116. The van der Waals surface area contributed by atoms with Gasteiger partial charge < -0.3 is 19.7 Å². The van der Waals surface area contributed by atoms with Gasteiger partial charge in [-0.25, -0.2) is 4.79 Å². The lowest BCUT2D eigenvalue weighted by atomic mass is 9.88. The van der Waals surface area contributed by atoms with Crippen molar-refractivity contribution in [2.75, 3.05) is 31.6 Å². The maximum Gasteiger partial charge on any atom is 0.409 e. The molecular formula is C26H33N3O4S. The standard InChI is InChI=1S/C26H33N3O4S/c1-4-8-20(18(3)32-5-2)10-12-24(30)28-25-22(16-27)21-11-9-19(15-23(21)34-25)17-33-26(31)29-13-6-7-14-29/h4,8,19H,1,3,5-7,9-15,17H2,2H3,(H,28,30)/b20-8-. The van der Waals surface area contributed by atoms with E-state index in [1.54, 1.807) is 17.1 Å². The van der Waals surface area contributed by atoms with Gasteiger partial charge in [-0.1, -0.05) is 25.3 Å². The van der Waals surface area contributed by atoms with E-state index in [2.05, 4.69) is 24.5 Å². The number of fused-ring (bicyclic) bond motifs is 1. The molecule has 1 aromatic heterocycles. The van der Waals surface area contributed by atoms with E-state index in [9.17, 15) is 14.9 Å². The van der Waals surface area contributed by atoms with Gasteiger partial charge in [0.05, 0.1) is 18.8 Å². The number of nitriles is 1. The summed E-state index contributed by atoms with van der Waals surface area (Å²) < 4.78 is 11.0. The Kier molecular flexibility index (Phi) is 9.34. The molecule has 1 atom stereocenters. The summed E-state index contributed by atoms with van der Waals surface area (Å²) >= 11 is 1.46. The summed E-state index contributed by atoms with van der Waals surface area (Å²) in [6.07, 6.45) is 8.36. The van der Waals surface area contributed by atoms with Gasteiger partial charge in [-0.2, -0.15) is 5.26 Å². The zero-order chi connectivity index (χ0) is 24.5. The second kappa shape index (κ2) is 12.4. The highest BCUT2D eigenvalue weighted by Gasteiger charge is 2.28. The number of nitrogens with one attached hydrogen (secondary N) is 1. The summed E-state index contributed by atoms with van der Waals surface area (Å²) in [4.78, 5) is 27.7. The largest absolute Gasteiger partial charge is 0.494 e. The predicted octanol–water partition coefficient (Wildman–Crippen LogP) is 5.34. The quantitative estimate of drug-likeness (QED) is 0.358. The molecular weight excluding hydrogens is 450 g/mol. The van der Waals surface area contributed by atoms with Crippen LogP contribution in [0.3, 0.4) is 0 Å². The van der Waals surface area contributed by atoms with Crippen molar-refractivity contribution in [2.24, 2.45) is 5.92 Å². The third-order valence-electron chi connectivity index (χ3n) is 6.16. The maximum atomic E-state index is 12.7. The molecule has 7 nitrogen and oxygen atoms in total. The van der Waals surface area contributed by atoms with Crippen LogP contribution in [-0.4, -0.2) is 43.2 Å². The maximum absolute atomic E-state index is 12.7. The Hall–Kier alpha value is -3.05. The Morgan fingerprint density at radius 2 is 2.06 bits per heavy atom. The molecule has 0 spiro atoms. The number of hydrogen-bond acceptors (Lipinski definition) is 6. The molecule has 1 N–H and O–H groups in total. The number of carbonyl (C=O) groups is 2. The normalized spacial score (nSPS) is 17.5. The number of allylic oxidation sites excluding steroid dienone is 3. The molecule has 1 unspecified atom stereocenters. The number of amides is 2. The lowest BCUT2D eigenvalue weighted by Crippen LogP contribution is -2.30. The first-order valence-corrected chi connectivity index (χ1v) is 12.7. The second-order valence-electron chi connectivity index (χ2n) is 8.53. The minimum absolute atomic E-state index is 0.162. The fourth-order valence-corrected chi connectivity index (χ4v) is 5.67. The molecule has 0 saturated carbocycles. The molecule has 1 saturated heterocycles. The molecule has 8 heteroatoms. The van der Waals surface area contributed by atoms with Crippen LogP contribution in [0.4, 0.5) is 9.80 Å². The van der Waals surface area contributed by atoms with Gasteiger partial charge in [0.25, 0.3) is 0 Å². The number of carbonyl (C=O) groups excluding carboxylic acids is 2. The van der Waals surface area contributed by atoms with Crippen LogP contribution >= 0.6 is 11.3 Å². The molecule has 0 radical (unpaired) electrons. The first-order chi connectivity index (χ1) is 16.5. The molecule has 2 aliphatic rings. The van der Waals surface area contributed by atoms with Crippen molar-refractivity contribution in [3.8, 4) is 6.07 Å². The van der Waals surface area contributed by atoms with Gasteiger partial charge in [0, 0.05) is 24.4 Å². The number of anilines is 1. The third-order valence-corrected chi connectivity index (χ3v) is 7.33. The van der Waals surface area contributed by atoms with Gasteiger partial charge >= 0.3 is 6.09 Å². The Labute approximate surface area is 205 Å². The Balaban J connectivity index is 1.57. The summed E-state index contributed by atoms with van der Waals surface area (Å²) in [6, 6.07) is 2.28. The van der Waals surface area contributed by atoms with Crippen molar-refractivity contribution in [3.63, 3.8) is 0 Å². The van der Waals surface area contributed by atoms with Crippen molar-refractivity contribution in [1.82, 2.24) is 4.90 Å². The first-order valence-electron chi connectivity index (χ1n) is 11.9. The number of hydrogen-bond donors (Lipinski definition) is 1. The highest BCUT2D eigenvalue weighted by atomic mass is 32.1. The van der Waals surface area contributed by atoms with Crippen LogP contribution in [0.2, 0.25) is 0 Å². The SMILES string of the molecule is C=C/C=C(/CCC(=O)Nc1sc2c(c1C#N)CCC(COC(=O)N1CCCC1)C2)C(=C)OCC. The molecule has 0 bridgehead atoms. The zero-order valence-electron chi connectivity index (χ0n) is 19.9. The highest BCUT2D eigenvalue weighted by Crippen LogP contribution is 2.39. The number of thiophene rings is 1. The van der Waals surface area contributed by atoms with Crippen LogP contribution in [0, 0.1) is 17.2 Å². The van der Waals surface area contributed by atoms with Gasteiger partial charge in [-0.3, -0.25) is 4.79 Å². The smallest absolute Gasteiger partial charge is 0.409 e. The monoisotopic (exact) mass is 483 g/mol. The molecule has 34 heavy (non-hydrogen) atoms. The molecule has 1 aliphatic heterocycles. The average Bonchev–Trinajstić information content (AvgIpc) is 3.47. The second-order valence-corrected chi connectivity index (χ2v) is 9.64. The van der Waals surface area contributed by atoms with E-state index in [4.69, 9.17) is 9.47 Å². The highest BCUT2D eigenvalue weighted by molar-refractivity contribution is 7.16. The molecule has 2 amide bonds. The van der Waals surface area contributed by atoms with E-state index in [0.717, 1.165) is 61.2 Å².